The van der Waals surface area contributed by atoms with Crippen LogP contribution in [0.5, 0.6) is 0 Å². The maximum absolute atomic E-state index is 13.6. The van der Waals surface area contributed by atoms with E-state index in [1.165, 1.54) is 13.8 Å². The SMILES string of the molecule is CC(C)C[C@H](NC(=O)[C@@H](NC(=O)OCC1c2ccccc2-c2ccccc21)C(C)C)C(=O)N[C@H](C)C(=O)N[C@@H](C)C(=O)OCCC(=O)NCC(=O)OC(C)(C)C. The van der Waals surface area contributed by atoms with Gasteiger partial charge in [0, 0.05) is 5.92 Å². The number of hydrogen-bond acceptors (Lipinski definition) is 10. The molecule has 0 saturated heterocycles. The summed E-state index contributed by atoms with van der Waals surface area (Å²) in [4.78, 5) is 89.2. The van der Waals surface area contributed by atoms with E-state index in [4.69, 9.17) is 14.2 Å². The van der Waals surface area contributed by atoms with Crippen molar-refractivity contribution in [3.05, 3.63) is 59.7 Å². The highest BCUT2D eigenvalue weighted by Gasteiger charge is 2.33. The Kier molecular flexibility index (Phi) is 16.4. The van der Waals surface area contributed by atoms with Crippen molar-refractivity contribution in [3.8, 4) is 11.1 Å². The Morgan fingerprint density at radius 3 is 1.82 bits per heavy atom. The Bertz CT molecular complexity index is 1690. The van der Waals surface area contributed by atoms with Crippen molar-refractivity contribution in [2.24, 2.45) is 11.8 Å². The zero-order valence-corrected chi connectivity index (χ0v) is 33.8. The second-order valence-electron chi connectivity index (χ2n) is 15.6. The van der Waals surface area contributed by atoms with Crippen LogP contribution in [0.25, 0.3) is 11.1 Å². The maximum Gasteiger partial charge on any atom is 0.407 e. The molecule has 5 N–H and O–H groups in total. The van der Waals surface area contributed by atoms with Crippen molar-refractivity contribution in [1.29, 1.82) is 0 Å². The molecule has 0 aliphatic heterocycles. The second-order valence-corrected chi connectivity index (χ2v) is 15.6. The molecule has 0 saturated carbocycles. The van der Waals surface area contributed by atoms with Crippen molar-refractivity contribution in [2.45, 2.75) is 111 Å². The quantitative estimate of drug-likeness (QED) is 0.110. The van der Waals surface area contributed by atoms with E-state index in [2.05, 4.69) is 26.6 Å². The van der Waals surface area contributed by atoms with E-state index >= 15 is 0 Å². The van der Waals surface area contributed by atoms with Gasteiger partial charge in [-0.3, -0.25) is 24.0 Å². The first-order valence-corrected chi connectivity index (χ1v) is 18.9. The molecule has 15 heteroatoms. The Labute approximate surface area is 328 Å². The number of ether oxygens (including phenoxy) is 3. The molecule has 0 bridgehead atoms. The van der Waals surface area contributed by atoms with E-state index in [0.717, 1.165) is 22.3 Å². The number of carbonyl (C=O) groups is 7. The lowest BCUT2D eigenvalue weighted by atomic mass is 9.98. The topological polar surface area (TPSA) is 207 Å². The number of alkyl carbamates (subject to hydrolysis) is 1. The first kappa shape index (κ1) is 44.9. The molecule has 0 radical (unpaired) electrons. The summed E-state index contributed by atoms with van der Waals surface area (Å²) < 4.78 is 15.9. The number of esters is 2. The fourth-order valence-corrected chi connectivity index (χ4v) is 6.05. The minimum Gasteiger partial charge on any atom is -0.464 e. The van der Waals surface area contributed by atoms with Crippen LogP contribution in [0.1, 0.15) is 92.2 Å². The number of benzene rings is 2. The molecular formula is C41H57N5O10. The van der Waals surface area contributed by atoms with Crippen LogP contribution in [0.4, 0.5) is 4.79 Å². The highest BCUT2D eigenvalue weighted by Crippen LogP contribution is 2.44. The summed E-state index contributed by atoms with van der Waals surface area (Å²) in [6.45, 7) is 14.6. The summed E-state index contributed by atoms with van der Waals surface area (Å²) in [5.74, 6) is -4.44. The average Bonchev–Trinajstić information content (AvgIpc) is 3.43. The van der Waals surface area contributed by atoms with Gasteiger partial charge >= 0.3 is 18.0 Å². The van der Waals surface area contributed by atoms with Gasteiger partial charge in [0.05, 0.1) is 6.42 Å². The molecule has 1 aliphatic carbocycles. The molecule has 2 aromatic rings. The smallest absolute Gasteiger partial charge is 0.407 e. The van der Waals surface area contributed by atoms with Gasteiger partial charge < -0.3 is 40.8 Å². The van der Waals surface area contributed by atoms with Crippen molar-refractivity contribution < 1.29 is 47.8 Å². The van der Waals surface area contributed by atoms with E-state index in [9.17, 15) is 33.6 Å². The molecule has 1 aliphatic rings. The van der Waals surface area contributed by atoms with Crippen molar-refractivity contribution in [1.82, 2.24) is 26.6 Å². The third kappa shape index (κ3) is 13.7. The van der Waals surface area contributed by atoms with E-state index in [0.29, 0.717) is 0 Å². The molecule has 0 aromatic heterocycles. The van der Waals surface area contributed by atoms with E-state index < -0.39 is 71.4 Å². The maximum atomic E-state index is 13.6. The van der Waals surface area contributed by atoms with Crippen LogP contribution in [0, 0.1) is 11.8 Å². The molecule has 306 valence electrons. The number of rotatable bonds is 18. The Hall–Kier alpha value is -5.47. The highest BCUT2D eigenvalue weighted by molar-refractivity contribution is 5.94. The Morgan fingerprint density at radius 1 is 0.696 bits per heavy atom. The van der Waals surface area contributed by atoms with Gasteiger partial charge in [-0.2, -0.15) is 0 Å². The molecule has 2 aromatic carbocycles. The van der Waals surface area contributed by atoms with Gasteiger partial charge in [0.25, 0.3) is 0 Å². The third-order valence-corrected chi connectivity index (χ3v) is 8.79. The van der Waals surface area contributed by atoms with Crippen LogP contribution in [-0.2, 0) is 43.0 Å². The molecule has 0 unspecified atom stereocenters. The van der Waals surface area contributed by atoms with Gasteiger partial charge in [-0.15, -0.1) is 0 Å². The zero-order valence-electron chi connectivity index (χ0n) is 33.8. The number of hydrogen-bond donors (Lipinski definition) is 5. The Morgan fingerprint density at radius 2 is 1.27 bits per heavy atom. The molecule has 5 amide bonds. The first-order chi connectivity index (χ1) is 26.3. The van der Waals surface area contributed by atoms with Crippen LogP contribution >= 0.6 is 0 Å². The highest BCUT2D eigenvalue weighted by atomic mass is 16.6. The van der Waals surface area contributed by atoms with Gasteiger partial charge in [-0.05, 0) is 75.1 Å². The summed E-state index contributed by atoms with van der Waals surface area (Å²) in [6.07, 6.45) is -0.760. The van der Waals surface area contributed by atoms with Gasteiger partial charge in [-0.1, -0.05) is 76.2 Å². The summed E-state index contributed by atoms with van der Waals surface area (Å²) in [5.41, 5.74) is 3.58. The normalized spacial score (nSPS) is 14.3. The summed E-state index contributed by atoms with van der Waals surface area (Å²) in [7, 11) is 0. The lowest BCUT2D eigenvalue weighted by Crippen LogP contribution is -2.58. The first-order valence-electron chi connectivity index (χ1n) is 18.9. The lowest BCUT2D eigenvalue weighted by Gasteiger charge is -2.27. The predicted octanol–water partition coefficient (Wildman–Crippen LogP) is 3.48. The van der Waals surface area contributed by atoms with Gasteiger partial charge in [0.2, 0.25) is 23.6 Å². The number of fused-ring (bicyclic) bond motifs is 3. The molecule has 0 fully saturated rings. The molecule has 0 spiro atoms. The number of amides is 5. The molecule has 56 heavy (non-hydrogen) atoms. The Balaban J connectivity index is 1.50. The van der Waals surface area contributed by atoms with E-state index in [1.54, 1.807) is 34.6 Å². The summed E-state index contributed by atoms with van der Waals surface area (Å²) in [6, 6.07) is 11.6. The van der Waals surface area contributed by atoms with Crippen molar-refractivity contribution in [3.63, 3.8) is 0 Å². The van der Waals surface area contributed by atoms with Crippen LogP contribution in [0.2, 0.25) is 0 Å². The fourth-order valence-electron chi connectivity index (χ4n) is 6.05. The van der Waals surface area contributed by atoms with Crippen LogP contribution in [-0.4, -0.2) is 91.2 Å². The molecule has 15 nitrogen and oxygen atoms in total. The minimum atomic E-state index is -1.12. The summed E-state index contributed by atoms with van der Waals surface area (Å²) in [5, 5.41) is 12.8. The van der Waals surface area contributed by atoms with E-state index in [1.807, 2.05) is 62.4 Å². The fraction of sp³-hybridized carbons (Fsp3) is 0.537. The van der Waals surface area contributed by atoms with Crippen LogP contribution in [0.15, 0.2) is 48.5 Å². The standard InChI is InChI=1S/C41H57N5O10/c1-23(2)20-32(37(50)43-25(5)36(49)44-26(6)39(52)54-19-18-33(47)42-21-34(48)56-41(7,8)9)45-38(51)35(24(3)4)46-40(53)55-22-31-29-16-12-10-14-27(29)28-15-11-13-17-30(28)31/h10-17,23-26,31-32,35H,18-22H2,1-9H3,(H,42,47)(H,43,50)(H,44,49)(H,45,51)(H,46,53)/t25-,26+,32+,35+/m1/s1. The molecular weight excluding hydrogens is 722 g/mol. The lowest BCUT2D eigenvalue weighted by molar-refractivity contribution is -0.155. The molecule has 0 heterocycles. The minimum absolute atomic E-state index is 0.0306. The van der Waals surface area contributed by atoms with Gasteiger partial charge in [0.15, 0.2) is 0 Å². The van der Waals surface area contributed by atoms with Gasteiger partial charge in [-0.25, -0.2) is 9.59 Å². The molecule has 4 atom stereocenters. The monoisotopic (exact) mass is 779 g/mol. The number of carbonyl (C=O) groups excluding carboxylic acids is 7. The number of nitrogens with one attached hydrogen (secondary N) is 5. The van der Waals surface area contributed by atoms with Crippen LogP contribution < -0.4 is 26.6 Å². The van der Waals surface area contributed by atoms with Gasteiger partial charge in [0.1, 0.15) is 49.5 Å². The predicted molar refractivity (Wildman–Crippen MR) is 208 cm³/mol. The van der Waals surface area contributed by atoms with Crippen molar-refractivity contribution in [2.75, 3.05) is 19.8 Å². The largest absolute Gasteiger partial charge is 0.464 e. The summed E-state index contributed by atoms with van der Waals surface area (Å²) >= 11 is 0. The third-order valence-electron chi connectivity index (χ3n) is 8.79. The van der Waals surface area contributed by atoms with E-state index in [-0.39, 0.29) is 50.4 Å². The average molecular weight is 780 g/mol. The van der Waals surface area contributed by atoms with Crippen molar-refractivity contribution >= 4 is 41.7 Å². The molecule has 3 rings (SSSR count). The van der Waals surface area contributed by atoms with Crippen LogP contribution in [0.3, 0.4) is 0 Å². The second kappa shape index (κ2) is 20.4. The zero-order chi connectivity index (χ0) is 41.7.